The largest absolute Gasteiger partial charge is 0.381 e. The number of benzene rings is 2. The van der Waals surface area contributed by atoms with Gasteiger partial charge in [-0.2, -0.15) is 0 Å². The number of hydrogen-bond acceptors (Lipinski definition) is 3. The van der Waals surface area contributed by atoms with Gasteiger partial charge in [0.1, 0.15) is 0 Å². The van der Waals surface area contributed by atoms with E-state index in [4.69, 9.17) is 0 Å². The Kier molecular flexibility index (Phi) is 7.70. The Morgan fingerprint density at radius 1 is 1.07 bits per heavy atom. The zero-order valence-electron chi connectivity index (χ0n) is 18.1. The molecule has 0 aliphatic carbocycles. The molecule has 2 aromatic carbocycles. The molecule has 156 valence electrons. The summed E-state index contributed by atoms with van der Waals surface area (Å²) in [5.74, 6) is 0.0292. The summed E-state index contributed by atoms with van der Waals surface area (Å²) in [6.07, 6.45) is 5.24. The first kappa shape index (κ1) is 21.4. The average molecular weight is 394 g/mol. The lowest BCUT2D eigenvalue weighted by molar-refractivity contribution is 0.0933. The normalized spacial score (nSPS) is 14.6. The zero-order chi connectivity index (χ0) is 20.6. The van der Waals surface area contributed by atoms with E-state index in [1.807, 2.05) is 12.1 Å². The third-order valence-electron chi connectivity index (χ3n) is 5.89. The van der Waals surface area contributed by atoms with E-state index >= 15 is 0 Å². The van der Waals surface area contributed by atoms with Crippen LogP contribution >= 0.6 is 0 Å². The molecule has 4 nitrogen and oxygen atoms in total. The number of fused-ring (bicyclic) bond motifs is 1. The molecule has 0 aromatic heterocycles. The molecule has 0 fully saturated rings. The van der Waals surface area contributed by atoms with Crippen LogP contribution in [0.25, 0.3) is 0 Å². The van der Waals surface area contributed by atoms with Crippen molar-refractivity contribution in [2.24, 2.45) is 0 Å². The van der Waals surface area contributed by atoms with Crippen LogP contribution in [0.1, 0.15) is 65.7 Å². The first-order chi connectivity index (χ1) is 14.1. The number of carbonyl (C=O) groups is 1. The highest BCUT2D eigenvalue weighted by molar-refractivity contribution is 5.94. The molecule has 1 unspecified atom stereocenters. The summed E-state index contributed by atoms with van der Waals surface area (Å²) in [6, 6.07) is 12.8. The highest BCUT2D eigenvalue weighted by Gasteiger charge is 2.14. The van der Waals surface area contributed by atoms with Gasteiger partial charge in [0.2, 0.25) is 0 Å². The molecule has 3 rings (SSSR count). The Morgan fingerprint density at radius 3 is 2.55 bits per heavy atom. The molecular weight excluding hydrogens is 358 g/mol. The van der Waals surface area contributed by atoms with Gasteiger partial charge in [0, 0.05) is 23.8 Å². The molecule has 0 saturated carbocycles. The van der Waals surface area contributed by atoms with Crippen molar-refractivity contribution < 1.29 is 4.79 Å². The minimum atomic E-state index is 0.0292. The minimum absolute atomic E-state index is 0.0292. The first-order valence-corrected chi connectivity index (χ1v) is 11.1. The number of aryl methyl sites for hydroxylation is 1. The fourth-order valence-corrected chi connectivity index (χ4v) is 4.10. The number of nitrogens with one attached hydrogen (secondary N) is 3. The summed E-state index contributed by atoms with van der Waals surface area (Å²) in [5.41, 5.74) is 7.40. The topological polar surface area (TPSA) is 53.2 Å². The molecule has 2 aromatic rings. The molecule has 3 N–H and O–H groups in total. The molecule has 1 heterocycles. The van der Waals surface area contributed by atoms with E-state index in [2.05, 4.69) is 61.0 Å². The number of hydrogen-bond donors (Lipinski definition) is 3. The summed E-state index contributed by atoms with van der Waals surface area (Å²) in [4.78, 5) is 12.5. The van der Waals surface area contributed by atoms with Crippen molar-refractivity contribution in [2.45, 2.75) is 65.5 Å². The molecule has 29 heavy (non-hydrogen) atoms. The van der Waals surface area contributed by atoms with E-state index in [1.165, 1.54) is 27.9 Å². The molecule has 0 saturated heterocycles. The second kappa shape index (κ2) is 10.4. The number of anilines is 1. The fourth-order valence-electron chi connectivity index (χ4n) is 4.10. The predicted octanol–water partition coefficient (Wildman–Crippen LogP) is 4.60. The first-order valence-electron chi connectivity index (χ1n) is 11.1. The molecule has 1 aliphatic heterocycles. The molecule has 0 bridgehead atoms. The highest BCUT2D eigenvalue weighted by atomic mass is 16.1. The van der Waals surface area contributed by atoms with Crippen molar-refractivity contribution in [2.75, 3.05) is 18.4 Å². The van der Waals surface area contributed by atoms with Crippen LogP contribution in [0.4, 0.5) is 5.69 Å². The van der Waals surface area contributed by atoms with Gasteiger partial charge in [0.25, 0.3) is 5.91 Å². The van der Waals surface area contributed by atoms with Gasteiger partial charge in [-0.05, 0) is 80.1 Å². The van der Waals surface area contributed by atoms with Gasteiger partial charge in [-0.3, -0.25) is 4.79 Å². The second-order valence-corrected chi connectivity index (χ2v) is 8.06. The summed E-state index contributed by atoms with van der Waals surface area (Å²) in [5, 5.41) is 10.3. The summed E-state index contributed by atoms with van der Waals surface area (Å²) in [7, 11) is 0. The smallest absolute Gasteiger partial charge is 0.251 e. The predicted molar refractivity (Wildman–Crippen MR) is 122 cm³/mol. The van der Waals surface area contributed by atoms with Crippen molar-refractivity contribution in [1.29, 1.82) is 0 Å². The van der Waals surface area contributed by atoms with E-state index in [0.717, 1.165) is 57.3 Å². The van der Waals surface area contributed by atoms with Gasteiger partial charge in [-0.1, -0.05) is 44.5 Å². The molecule has 0 spiro atoms. The Morgan fingerprint density at radius 2 is 1.83 bits per heavy atom. The van der Waals surface area contributed by atoms with Gasteiger partial charge in [0.05, 0.1) is 0 Å². The van der Waals surface area contributed by atoms with Crippen LogP contribution in [0, 0.1) is 6.92 Å². The molecule has 1 amide bonds. The third-order valence-corrected chi connectivity index (χ3v) is 5.89. The Hall–Kier alpha value is -2.33. The maximum atomic E-state index is 12.5. The lowest BCUT2D eigenvalue weighted by Gasteiger charge is -2.18. The van der Waals surface area contributed by atoms with E-state index < -0.39 is 0 Å². The monoisotopic (exact) mass is 393 g/mol. The third kappa shape index (κ3) is 5.60. The highest BCUT2D eigenvalue weighted by Crippen LogP contribution is 2.27. The Balaban J connectivity index is 1.65. The average Bonchev–Trinajstić information content (AvgIpc) is 2.98. The van der Waals surface area contributed by atoms with E-state index in [1.54, 1.807) is 0 Å². The van der Waals surface area contributed by atoms with Crippen molar-refractivity contribution in [3.63, 3.8) is 0 Å². The summed E-state index contributed by atoms with van der Waals surface area (Å²) >= 11 is 0. The van der Waals surface area contributed by atoms with E-state index in [-0.39, 0.29) is 11.9 Å². The summed E-state index contributed by atoms with van der Waals surface area (Å²) in [6.45, 7) is 9.30. The summed E-state index contributed by atoms with van der Waals surface area (Å²) < 4.78 is 0. The van der Waals surface area contributed by atoms with Gasteiger partial charge >= 0.3 is 0 Å². The van der Waals surface area contributed by atoms with E-state index in [0.29, 0.717) is 0 Å². The second-order valence-electron chi connectivity index (χ2n) is 8.06. The van der Waals surface area contributed by atoms with Crippen LogP contribution in [0.3, 0.4) is 0 Å². The maximum Gasteiger partial charge on any atom is 0.251 e. The van der Waals surface area contributed by atoms with Crippen LogP contribution < -0.4 is 16.0 Å². The quantitative estimate of drug-likeness (QED) is 0.614. The van der Waals surface area contributed by atoms with Crippen LogP contribution in [0.2, 0.25) is 0 Å². The SMILES string of the molecule is CCCC(CC)NC(=O)c1ccc(CNc2c(C)ccc3c2CCNCC3)cc1. The fraction of sp³-hybridized carbons (Fsp3) is 0.480. The van der Waals surface area contributed by atoms with Crippen LogP contribution in [0.15, 0.2) is 36.4 Å². The Labute approximate surface area is 175 Å². The van der Waals surface area contributed by atoms with Crippen LogP contribution in [-0.2, 0) is 19.4 Å². The van der Waals surface area contributed by atoms with Gasteiger partial charge in [-0.15, -0.1) is 0 Å². The maximum absolute atomic E-state index is 12.5. The Bertz CT molecular complexity index is 814. The number of amides is 1. The van der Waals surface area contributed by atoms with E-state index in [9.17, 15) is 4.79 Å². The molecule has 1 atom stereocenters. The zero-order valence-corrected chi connectivity index (χ0v) is 18.1. The minimum Gasteiger partial charge on any atom is -0.381 e. The van der Waals surface area contributed by atoms with Crippen molar-refractivity contribution in [1.82, 2.24) is 10.6 Å². The molecular formula is C25H35N3O. The van der Waals surface area contributed by atoms with Gasteiger partial charge in [-0.25, -0.2) is 0 Å². The number of rotatable bonds is 8. The number of carbonyl (C=O) groups excluding carboxylic acids is 1. The lowest BCUT2D eigenvalue weighted by Crippen LogP contribution is -2.34. The van der Waals surface area contributed by atoms with Crippen molar-refractivity contribution in [3.8, 4) is 0 Å². The molecule has 0 radical (unpaired) electrons. The van der Waals surface area contributed by atoms with Gasteiger partial charge < -0.3 is 16.0 Å². The van der Waals surface area contributed by atoms with Crippen molar-refractivity contribution >= 4 is 11.6 Å². The lowest BCUT2D eigenvalue weighted by atomic mass is 9.97. The van der Waals surface area contributed by atoms with Gasteiger partial charge in [0.15, 0.2) is 0 Å². The molecule has 4 heteroatoms. The molecule has 1 aliphatic rings. The van der Waals surface area contributed by atoms with Crippen molar-refractivity contribution in [3.05, 3.63) is 64.2 Å². The van der Waals surface area contributed by atoms with Crippen LogP contribution in [0.5, 0.6) is 0 Å². The standard InChI is InChI=1S/C25H35N3O/c1-4-6-22(5-2)28-25(29)21-11-8-19(9-12-21)17-27-24-18(3)7-10-20-13-15-26-16-14-23(20)24/h7-12,22,26-27H,4-6,13-17H2,1-3H3,(H,28,29). The van der Waals surface area contributed by atoms with Crippen LogP contribution in [-0.4, -0.2) is 25.0 Å².